The molecule has 2 saturated heterocycles. The van der Waals surface area contributed by atoms with Gasteiger partial charge in [0.2, 0.25) is 11.8 Å². The predicted octanol–water partition coefficient (Wildman–Crippen LogP) is 2.34. The van der Waals surface area contributed by atoms with Crippen LogP contribution in [0.5, 0.6) is 0 Å². The van der Waals surface area contributed by atoms with E-state index in [2.05, 4.69) is 0 Å². The summed E-state index contributed by atoms with van der Waals surface area (Å²) >= 11 is 0. The third-order valence-electron chi connectivity index (χ3n) is 5.52. The molecule has 0 unspecified atom stereocenters. The highest BCUT2D eigenvalue weighted by Crippen LogP contribution is 2.23. The number of carbonyl (C=O) groups excluding carboxylic acids is 2. The summed E-state index contributed by atoms with van der Waals surface area (Å²) in [6, 6.07) is -0.246. The summed E-state index contributed by atoms with van der Waals surface area (Å²) in [5.41, 5.74) is 0. The van der Waals surface area contributed by atoms with Crippen molar-refractivity contribution in [3.05, 3.63) is 0 Å². The average Bonchev–Trinajstić information content (AvgIpc) is 3.14. The van der Waals surface area contributed by atoms with Crippen LogP contribution in [0, 0.1) is 0 Å². The van der Waals surface area contributed by atoms with Crippen LogP contribution < -0.4 is 0 Å². The molecule has 1 aliphatic carbocycles. The fraction of sp³-hybridized carbons (Fsp3) is 0.889. The molecule has 2 heterocycles. The van der Waals surface area contributed by atoms with Gasteiger partial charge < -0.3 is 14.5 Å². The van der Waals surface area contributed by atoms with Crippen LogP contribution in [-0.2, 0) is 14.3 Å². The average molecular weight is 322 g/mol. The summed E-state index contributed by atoms with van der Waals surface area (Å²) in [7, 11) is 0. The molecule has 1 saturated carbocycles. The van der Waals surface area contributed by atoms with Crippen LogP contribution in [-0.4, -0.2) is 60.0 Å². The van der Waals surface area contributed by atoms with E-state index in [1.165, 1.54) is 19.3 Å². The molecule has 0 bridgehead atoms. The number of hydrogen-bond acceptors (Lipinski definition) is 3. The molecule has 0 aromatic heterocycles. The number of rotatable bonds is 4. The molecule has 0 N–H and O–H groups in total. The van der Waals surface area contributed by atoms with Crippen molar-refractivity contribution in [1.29, 1.82) is 0 Å². The largest absolute Gasteiger partial charge is 0.368 e. The molecule has 3 aliphatic rings. The number of amides is 2. The van der Waals surface area contributed by atoms with Gasteiger partial charge in [0.05, 0.1) is 6.10 Å². The minimum absolute atomic E-state index is 0.00724. The molecule has 5 nitrogen and oxygen atoms in total. The van der Waals surface area contributed by atoms with Gasteiger partial charge in [-0.25, -0.2) is 0 Å². The summed E-state index contributed by atoms with van der Waals surface area (Å²) in [5, 5.41) is 0. The van der Waals surface area contributed by atoms with Crippen LogP contribution in [0.2, 0.25) is 0 Å². The molecule has 0 radical (unpaired) electrons. The Bertz CT molecular complexity index is 414. The van der Waals surface area contributed by atoms with Crippen molar-refractivity contribution in [2.45, 2.75) is 76.4 Å². The lowest BCUT2D eigenvalue weighted by molar-refractivity contribution is -0.151. The van der Waals surface area contributed by atoms with Crippen LogP contribution >= 0.6 is 0 Å². The van der Waals surface area contributed by atoms with Crippen LogP contribution in [0.3, 0.4) is 0 Å². The van der Waals surface area contributed by atoms with Crippen molar-refractivity contribution in [2.75, 3.05) is 26.2 Å². The first-order chi connectivity index (χ1) is 11.3. The molecular weight excluding hydrogens is 292 g/mol. The molecule has 0 aromatic rings. The van der Waals surface area contributed by atoms with E-state index in [0.29, 0.717) is 6.54 Å². The Morgan fingerprint density at radius 2 is 1.48 bits per heavy atom. The van der Waals surface area contributed by atoms with Crippen LogP contribution in [0.4, 0.5) is 0 Å². The van der Waals surface area contributed by atoms with Crippen LogP contribution in [0.15, 0.2) is 0 Å². The van der Waals surface area contributed by atoms with Gasteiger partial charge in [-0.3, -0.25) is 9.59 Å². The predicted molar refractivity (Wildman–Crippen MR) is 88.0 cm³/mol. The third-order valence-corrected chi connectivity index (χ3v) is 5.52. The Hall–Kier alpha value is -1.10. The molecule has 3 rings (SSSR count). The standard InChI is InChI=1S/C18H30N2O3/c21-17(14-23-15-8-2-1-3-9-15)20-13-5-4-10-16(20)18(22)19-11-6-7-12-19/h15-16H,1-14H2/t16-/m1/s1. The van der Waals surface area contributed by atoms with E-state index < -0.39 is 0 Å². The van der Waals surface area contributed by atoms with Gasteiger partial charge in [-0.2, -0.15) is 0 Å². The first-order valence-electron chi connectivity index (χ1n) is 9.45. The minimum Gasteiger partial charge on any atom is -0.368 e. The van der Waals surface area contributed by atoms with Crippen molar-refractivity contribution in [2.24, 2.45) is 0 Å². The Kier molecular flexibility index (Phi) is 5.92. The van der Waals surface area contributed by atoms with Gasteiger partial charge in [0.1, 0.15) is 12.6 Å². The second-order valence-electron chi connectivity index (χ2n) is 7.20. The zero-order chi connectivity index (χ0) is 16.1. The van der Waals surface area contributed by atoms with Gasteiger partial charge in [-0.05, 0) is 44.9 Å². The number of ether oxygens (including phenoxy) is 1. The topological polar surface area (TPSA) is 49.9 Å². The van der Waals surface area contributed by atoms with E-state index >= 15 is 0 Å². The highest BCUT2D eigenvalue weighted by Gasteiger charge is 2.35. The fourth-order valence-electron chi connectivity index (χ4n) is 4.14. The van der Waals surface area contributed by atoms with E-state index in [9.17, 15) is 9.59 Å². The zero-order valence-electron chi connectivity index (χ0n) is 14.2. The molecule has 130 valence electrons. The first kappa shape index (κ1) is 16.7. The lowest BCUT2D eigenvalue weighted by Gasteiger charge is -2.37. The van der Waals surface area contributed by atoms with Crippen LogP contribution in [0.1, 0.15) is 64.2 Å². The van der Waals surface area contributed by atoms with Crippen molar-refractivity contribution in [1.82, 2.24) is 9.80 Å². The van der Waals surface area contributed by atoms with E-state index in [4.69, 9.17) is 4.74 Å². The SMILES string of the molecule is O=C([C@H]1CCCCN1C(=O)COC1CCCCC1)N1CCCC1. The second kappa shape index (κ2) is 8.13. The number of hydrogen-bond donors (Lipinski definition) is 0. The number of nitrogens with zero attached hydrogens (tertiary/aromatic N) is 2. The third kappa shape index (κ3) is 4.25. The molecule has 5 heteroatoms. The Morgan fingerprint density at radius 3 is 2.22 bits per heavy atom. The summed E-state index contributed by atoms with van der Waals surface area (Å²) < 4.78 is 5.84. The maximum atomic E-state index is 12.7. The molecule has 0 aromatic carbocycles. The van der Waals surface area contributed by atoms with Crippen LogP contribution in [0.25, 0.3) is 0 Å². The maximum Gasteiger partial charge on any atom is 0.249 e. The number of piperidine rings is 1. The minimum atomic E-state index is -0.246. The van der Waals surface area contributed by atoms with Gasteiger partial charge in [0.15, 0.2) is 0 Å². The van der Waals surface area contributed by atoms with E-state index in [0.717, 1.165) is 58.0 Å². The van der Waals surface area contributed by atoms with Crippen molar-refractivity contribution < 1.29 is 14.3 Å². The maximum absolute atomic E-state index is 12.7. The van der Waals surface area contributed by atoms with Crippen molar-refractivity contribution >= 4 is 11.8 Å². The number of likely N-dealkylation sites (tertiary alicyclic amines) is 2. The molecule has 3 fully saturated rings. The molecule has 1 atom stereocenters. The highest BCUT2D eigenvalue weighted by atomic mass is 16.5. The first-order valence-corrected chi connectivity index (χ1v) is 9.45. The van der Waals surface area contributed by atoms with Gasteiger partial charge in [-0.15, -0.1) is 0 Å². The van der Waals surface area contributed by atoms with Crippen molar-refractivity contribution in [3.8, 4) is 0 Å². The van der Waals surface area contributed by atoms with Crippen molar-refractivity contribution in [3.63, 3.8) is 0 Å². The van der Waals surface area contributed by atoms with E-state index in [-0.39, 0.29) is 30.6 Å². The van der Waals surface area contributed by atoms with Gasteiger partial charge in [0.25, 0.3) is 0 Å². The zero-order valence-corrected chi connectivity index (χ0v) is 14.2. The van der Waals surface area contributed by atoms with Gasteiger partial charge in [-0.1, -0.05) is 19.3 Å². The Labute approximate surface area is 139 Å². The summed E-state index contributed by atoms with van der Waals surface area (Å²) in [6.45, 7) is 2.57. The molecule has 2 aliphatic heterocycles. The fourth-order valence-corrected chi connectivity index (χ4v) is 4.14. The summed E-state index contributed by atoms with van der Waals surface area (Å²) in [4.78, 5) is 29.1. The molecule has 2 amide bonds. The summed E-state index contributed by atoms with van der Waals surface area (Å²) in [5.74, 6) is 0.168. The summed E-state index contributed by atoms with van der Waals surface area (Å²) in [6.07, 6.45) is 11.1. The molecule has 0 spiro atoms. The van der Waals surface area contributed by atoms with E-state index in [1.54, 1.807) is 4.90 Å². The lowest BCUT2D eigenvalue weighted by Crippen LogP contribution is -2.53. The molecular formula is C18H30N2O3. The number of carbonyl (C=O) groups is 2. The van der Waals surface area contributed by atoms with Gasteiger partial charge in [0, 0.05) is 19.6 Å². The smallest absolute Gasteiger partial charge is 0.249 e. The monoisotopic (exact) mass is 322 g/mol. The second-order valence-corrected chi connectivity index (χ2v) is 7.20. The Balaban J connectivity index is 1.54. The van der Waals surface area contributed by atoms with Gasteiger partial charge >= 0.3 is 0 Å². The highest BCUT2D eigenvalue weighted by molar-refractivity contribution is 5.88. The normalized spacial score (nSPS) is 26.5. The quantitative estimate of drug-likeness (QED) is 0.798. The lowest BCUT2D eigenvalue weighted by atomic mass is 9.98. The Morgan fingerprint density at radius 1 is 0.826 bits per heavy atom. The van der Waals surface area contributed by atoms with E-state index in [1.807, 2.05) is 4.90 Å². The molecule has 23 heavy (non-hydrogen) atoms.